The number of aliphatic hydroxyl groups excluding tert-OH is 1. The molecule has 3 heteroatoms. The van der Waals surface area contributed by atoms with Gasteiger partial charge in [0.05, 0.1) is 6.10 Å². The monoisotopic (exact) mass is 246 g/mol. The summed E-state index contributed by atoms with van der Waals surface area (Å²) < 4.78 is 19.1. The van der Waals surface area contributed by atoms with E-state index in [1.807, 2.05) is 13.0 Å². The molecule has 0 saturated heterocycles. The van der Waals surface area contributed by atoms with Crippen LogP contribution in [0, 0.1) is 12.7 Å². The molecule has 94 valence electrons. The van der Waals surface area contributed by atoms with Crippen molar-refractivity contribution in [2.24, 2.45) is 0 Å². The average molecular weight is 246 g/mol. The predicted octanol–water partition coefficient (Wildman–Crippen LogP) is 3.98. The number of hydrogen-bond donors (Lipinski definition) is 1. The zero-order valence-corrected chi connectivity index (χ0v) is 10.4. The number of benzene rings is 2. The Hall–Kier alpha value is -1.87. The van der Waals surface area contributed by atoms with Gasteiger partial charge < -0.3 is 9.84 Å². The van der Waals surface area contributed by atoms with E-state index in [1.54, 1.807) is 37.3 Å². The van der Waals surface area contributed by atoms with E-state index in [0.717, 1.165) is 5.56 Å². The summed E-state index contributed by atoms with van der Waals surface area (Å²) in [5, 5.41) is 9.63. The molecule has 2 aromatic rings. The van der Waals surface area contributed by atoms with Crippen LogP contribution < -0.4 is 4.74 Å². The highest BCUT2D eigenvalue weighted by molar-refractivity contribution is 5.40. The first-order valence-electron chi connectivity index (χ1n) is 5.79. The van der Waals surface area contributed by atoms with Crippen LogP contribution in [0.2, 0.25) is 0 Å². The van der Waals surface area contributed by atoms with Crippen molar-refractivity contribution >= 4 is 0 Å². The third kappa shape index (κ3) is 2.68. The molecule has 0 aliphatic rings. The van der Waals surface area contributed by atoms with Gasteiger partial charge in [-0.1, -0.05) is 24.3 Å². The van der Waals surface area contributed by atoms with Crippen LogP contribution in [0.25, 0.3) is 0 Å². The van der Waals surface area contributed by atoms with Crippen molar-refractivity contribution < 1.29 is 14.2 Å². The summed E-state index contributed by atoms with van der Waals surface area (Å²) in [4.78, 5) is 0. The van der Waals surface area contributed by atoms with Gasteiger partial charge in [-0.05, 0) is 37.6 Å². The smallest absolute Gasteiger partial charge is 0.165 e. The van der Waals surface area contributed by atoms with Crippen LogP contribution in [0.4, 0.5) is 4.39 Å². The molecule has 0 amide bonds. The zero-order valence-electron chi connectivity index (χ0n) is 10.4. The minimum absolute atomic E-state index is 0.170. The van der Waals surface area contributed by atoms with Crippen molar-refractivity contribution in [3.63, 3.8) is 0 Å². The maximum absolute atomic E-state index is 13.6. The van der Waals surface area contributed by atoms with Gasteiger partial charge in [-0.2, -0.15) is 0 Å². The molecule has 0 aliphatic carbocycles. The van der Waals surface area contributed by atoms with Gasteiger partial charge in [-0.3, -0.25) is 0 Å². The fourth-order valence-corrected chi connectivity index (χ4v) is 1.73. The summed E-state index contributed by atoms with van der Waals surface area (Å²) in [6.07, 6.45) is -0.658. The molecule has 1 atom stereocenters. The number of ether oxygens (including phenoxy) is 1. The summed E-state index contributed by atoms with van der Waals surface area (Å²) in [6.45, 7) is 3.52. The van der Waals surface area contributed by atoms with Crippen molar-refractivity contribution in [1.82, 2.24) is 0 Å². The lowest BCUT2D eigenvalue weighted by molar-refractivity contribution is 0.195. The highest BCUT2D eigenvalue weighted by Crippen LogP contribution is 2.31. The van der Waals surface area contributed by atoms with Crippen LogP contribution in [0.15, 0.2) is 42.5 Å². The summed E-state index contributed by atoms with van der Waals surface area (Å²) in [5.41, 5.74) is 1.55. The number of halogens is 1. The van der Waals surface area contributed by atoms with E-state index >= 15 is 0 Å². The van der Waals surface area contributed by atoms with Crippen LogP contribution >= 0.6 is 0 Å². The Balaban J connectivity index is 2.37. The molecule has 18 heavy (non-hydrogen) atoms. The number of hydrogen-bond acceptors (Lipinski definition) is 2. The molecule has 0 aromatic heterocycles. The molecular formula is C15H15FO2. The van der Waals surface area contributed by atoms with Gasteiger partial charge in [0.25, 0.3) is 0 Å². The van der Waals surface area contributed by atoms with Crippen LogP contribution in [-0.2, 0) is 0 Å². The summed E-state index contributed by atoms with van der Waals surface area (Å²) in [5.74, 6) is 0.223. The highest BCUT2D eigenvalue weighted by atomic mass is 19.1. The molecule has 0 unspecified atom stereocenters. The number of rotatable bonds is 3. The Kier molecular flexibility index (Phi) is 3.63. The summed E-state index contributed by atoms with van der Waals surface area (Å²) >= 11 is 0. The second-order valence-corrected chi connectivity index (χ2v) is 4.25. The third-order valence-corrected chi connectivity index (χ3v) is 2.68. The standard InChI is InChI=1S/C15H15FO2/c1-10-7-8-13(16)15(9-10)18-14-6-4-3-5-12(14)11(2)17/h3-9,11,17H,1-2H3/t11-/m1/s1. The first-order chi connectivity index (χ1) is 8.58. The van der Waals surface area contributed by atoms with Crippen molar-refractivity contribution in [2.45, 2.75) is 20.0 Å². The molecule has 0 saturated carbocycles. The maximum atomic E-state index is 13.6. The highest BCUT2D eigenvalue weighted by Gasteiger charge is 2.11. The van der Waals surface area contributed by atoms with E-state index in [4.69, 9.17) is 4.74 Å². The van der Waals surface area contributed by atoms with E-state index < -0.39 is 11.9 Å². The molecule has 0 bridgehead atoms. The Bertz CT molecular complexity index is 550. The molecule has 0 radical (unpaired) electrons. The minimum Gasteiger partial charge on any atom is -0.454 e. The molecule has 0 fully saturated rings. The Morgan fingerprint density at radius 3 is 2.56 bits per heavy atom. The fourth-order valence-electron chi connectivity index (χ4n) is 1.73. The molecule has 0 spiro atoms. The van der Waals surface area contributed by atoms with Crippen LogP contribution in [0.5, 0.6) is 11.5 Å². The SMILES string of the molecule is Cc1ccc(F)c(Oc2ccccc2[C@@H](C)O)c1. The quantitative estimate of drug-likeness (QED) is 0.887. The van der Waals surface area contributed by atoms with E-state index in [0.29, 0.717) is 11.3 Å². The second-order valence-electron chi connectivity index (χ2n) is 4.25. The zero-order chi connectivity index (χ0) is 13.1. The molecule has 0 aliphatic heterocycles. The Morgan fingerprint density at radius 2 is 1.83 bits per heavy atom. The lowest BCUT2D eigenvalue weighted by Crippen LogP contribution is -1.97. The molecule has 0 heterocycles. The number of para-hydroxylation sites is 1. The lowest BCUT2D eigenvalue weighted by atomic mass is 10.1. The number of aryl methyl sites for hydroxylation is 1. The van der Waals surface area contributed by atoms with Crippen LogP contribution in [0.3, 0.4) is 0 Å². The van der Waals surface area contributed by atoms with Crippen molar-refractivity contribution in [3.05, 3.63) is 59.4 Å². The predicted molar refractivity (Wildman–Crippen MR) is 68.3 cm³/mol. The van der Waals surface area contributed by atoms with Gasteiger partial charge in [0, 0.05) is 5.56 Å². The van der Waals surface area contributed by atoms with E-state index in [2.05, 4.69) is 0 Å². The second kappa shape index (κ2) is 5.19. The molecule has 2 rings (SSSR count). The first kappa shape index (κ1) is 12.6. The lowest BCUT2D eigenvalue weighted by Gasteiger charge is -2.13. The fraction of sp³-hybridized carbons (Fsp3) is 0.200. The van der Waals surface area contributed by atoms with Gasteiger partial charge in [0.1, 0.15) is 5.75 Å². The van der Waals surface area contributed by atoms with Crippen LogP contribution in [0.1, 0.15) is 24.2 Å². The van der Waals surface area contributed by atoms with Gasteiger partial charge in [-0.25, -0.2) is 4.39 Å². The summed E-state index contributed by atoms with van der Waals surface area (Å²) in [6, 6.07) is 11.8. The average Bonchev–Trinajstić information content (AvgIpc) is 2.34. The Morgan fingerprint density at radius 1 is 1.11 bits per heavy atom. The maximum Gasteiger partial charge on any atom is 0.165 e. The van der Waals surface area contributed by atoms with Crippen molar-refractivity contribution in [1.29, 1.82) is 0 Å². The van der Waals surface area contributed by atoms with Gasteiger partial charge in [-0.15, -0.1) is 0 Å². The van der Waals surface area contributed by atoms with E-state index in [1.165, 1.54) is 6.07 Å². The largest absolute Gasteiger partial charge is 0.454 e. The normalized spacial score (nSPS) is 12.2. The van der Waals surface area contributed by atoms with Crippen molar-refractivity contribution in [2.75, 3.05) is 0 Å². The summed E-state index contributed by atoms with van der Waals surface area (Å²) in [7, 11) is 0. The third-order valence-electron chi connectivity index (χ3n) is 2.68. The van der Waals surface area contributed by atoms with Gasteiger partial charge in [0.15, 0.2) is 11.6 Å². The van der Waals surface area contributed by atoms with Gasteiger partial charge in [0.2, 0.25) is 0 Å². The topological polar surface area (TPSA) is 29.5 Å². The Labute approximate surface area is 106 Å². The minimum atomic E-state index is -0.658. The van der Waals surface area contributed by atoms with Gasteiger partial charge >= 0.3 is 0 Å². The molecule has 2 nitrogen and oxygen atoms in total. The van der Waals surface area contributed by atoms with E-state index in [-0.39, 0.29) is 5.75 Å². The number of aliphatic hydroxyl groups is 1. The van der Waals surface area contributed by atoms with Crippen LogP contribution in [-0.4, -0.2) is 5.11 Å². The van der Waals surface area contributed by atoms with E-state index in [9.17, 15) is 9.50 Å². The van der Waals surface area contributed by atoms with Crippen molar-refractivity contribution in [3.8, 4) is 11.5 Å². The molecule has 2 aromatic carbocycles. The first-order valence-corrected chi connectivity index (χ1v) is 5.79. The molecular weight excluding hydrogens is 231 g/mol. The molecule has 1 N–H and O–H groups in total.